The lowest BCUT2D eigenvalue weighted by Crippen LogP contribution is -2.50. The van der Waals surface area contributed by atoms with Gasteiger partial charge in [-0.05, 0) is 55.3 Å². The van der Waals surface area contributed by atoms with Gasteiger partial charge < -0.3 is 30.3 Å². The van der Waals surface area contributed by atoms with Crippen LogP contribution in [0.5, 0.6) is 5.75 Å². The van der Waals surface area contributed by atoms with Crippen molar-refractivity contribution in [2.75, 3.05) is 22.6 Å². The van der Waals surface area contributed by atoms with Crippen molar-refractivity contribution in [3.05, 3.63) is 58.7 Å². The highest BCUT2D eigenvalue weighted by Gasteiger charge is 2.42. The summed E-state index contributed by atoms with van der Waals surface area (Å²) < 4.78 is 11.2. The number of likely N-dealkylation sites (N-methyl/N-ethyl adjacent to an activating group) is 1. The van der Waals surface area contributed by atoms with Crippen LogP contribution >= 0.6 is 11.6 Å². The Morgan fingerprint density at radius 2 is 1.92 bits per heavy atom. The molecule has 3 heterocycles. The van der Waals surface area contributed by atoms with Crippen LogP contribution < -0.4 is 25.6 Å². The molecule has 1 aliphatic carbocycles. The Morgan fingerprint density at radius 3 is 2.75 bits per heavy atom. The number of ether oxygens (including phenoxy) is 2. The number of fused-ring (bicyclic) bond motifs is 4. The van der Waals surface area contributed by atoms with Crippen LogP contribution in [0.1, 0.15) is 31.0 Å². The molecule has 0 spiro atoms. The first-order valence-electron chi connectivity index (χ1n) is 11.5. The van der Waals surface area contributed by atoms with E-state index in [1.165, 1.54) is 6.20 Å². The molecule has 0 bridgehead atoms. The number of carbonyl (C=O) groups is 2. The average molecular weight is 507 g/mol. The van der Waals surface area contributed by atoms with Gasteiger partial charge in [-0.3, -0.25) is 4.79 Å². The highest BCUT2D eigenvalue weighted by molar-refractivity contribution is 6.32. The van der Waals surface area contributed by atoms with Crippen LogP contribution in [0.2, 0.25) is 5.02 Å². The molecule has 2 aromatic carbocycles. The van der Waals surface area contributed by atoms with Gasteiger partial charge in [-0.15, -0.1) is 0 Å². The van der Waals surface area contributed by atoms with E-state index in [0.29, 0.717) is 40.3 Å². The fourth-order valence-electron chi connectivity index (χ4n) is 4.82. The summed E-state index contributed by atoms with van der Waals surface area (Å²) >= 11 is 6.37. The summed E-state index contributed by atoms with van der Waals surface area (Å²) in [7, 11) is 1.72. The van der Waals surface area contributed by atoms with Crippen molar-refractivity contribution < 1.29 is 19.1 Å². The van der Waals surface area contributed by atoms with Crippen LogP contribution in [-0.2, 0) is 16.0 Å². The van der Waals surface area contributed by atoms with Crippen molar-refractivity contribution in [1.29, 1.82) is 0 Å². The molecule has 6 rings (SSSR count). The first-order valence-corrected chi connectivity index (χ1v) is 11.8. The molecule has 1 aromatic heterocycles. The maximum Gasteiger partial charge on any atom is 0.408 e. The zero-order valence-electron chi connectivity index (χ0n) is 19.8. The molecule has 1 unspecified atom stereocenters. The largest absolute Gasteiger partial charge is 0.476 e. The Bertz CT molecular complexity index is 1430. The number of halogens is 1. The number of aromatic nitrogens is 2. The number of anilines is 5. The van der Waals surface area contributed by atoms with E-state index in [2.05, 4.69) is 25.9 Å². The number of amides is 2. The van der Waals surface area contributed by atoms with Crippen molar-refractivity contribution in [3.63, 3.8) is 0 Å². The Kier molecular flexibility index (Phi) is 4.97. The molecule has 2 amide bonds. The number of hydrogen-bond acceptors (Lipinski definition) is 8. The molecule has 0 saturated carbocycles. The molecule has 3 aliphatic rings. The molecule has 11 heteroatoms. The van der Waals surface area contributed by atoms with E-state index in [0.717, 1.165) is 16.8 Å². The van der Waals surface area contributed by atoms with Crippen LogP contribution in [0.4, 0.5) is 33.6 Å². The normalized spacial score (nSPS) is 21.1. The minimum Gasteiger partial charge on any atom is -0.476 e. The van der Waals surface area contributed by atoms with Gasteiger partial charge >= 0.3 is 6.09 Å². The lowest BCUT2D eigenvalue weighted by atomic mass is 10.0. The monoisotopic (exact) mass is 506 g/mol. The summed E-state index contributed by atoms with van der Waals surface area (Å²) in [5, 5.41) is 9.60. The minimum absolute atomic E-state index is 0.136. The lowest BCUT2D eigenvalue weighted by molar-refractivity contribution is -0.132. The fourth-order valence-corrected chi connectivity index (χ4v) is 4.96. The molecule has 2 aliphatic heterocycles. The summed E-state index contributed by atoms with van der Waals surface area (Å²) in [6, 6.07) is 11.2. The first kappa shape index (κ1) is 22.4. The zero-order chi connectivity index (χ0) is 25.2. The SMILES string of the molecule is CN1C(=O)C(C)(C)Oc2ccc(Nc3nc(Nc4ccc5c(c4)[C@@H]4NC(=O)OC4C5)ncc3Cl)cc21. The van der Waals surface area contributed by atoms with E-state index in [1.54, 1.807) is 31.9 Å². The van der Waals surface area contributed by atoms with Crippen LogP contribution in [-0.4, -0.2) is 40.7 Å². The Balaban J connectivity index is 1.23. The highest BCUT2D eigenvalue weighted by atomic mass is 35.5. The Morgan fingerprint density at radius 1 is 1.14 bits per heavy atom. The van der Waals surface area contributed by atoms with Crippen LogP contribution in [0.15, 0.2) is 42.6 Å². The smallest absolute Gasteiger partial charge is 0.408 e. The lowest BCUT2D eigenvalue weighted by Gasteiger charge is -2.37. The molecule has 184 valence electrons. The molecule has 1 fully saturated rings. The van der Waals surface area contributed by atoms with Gasteiger partial charge in [0.05, 0.1) is 17.9 Å². The van der Waals surface area contributed by atoms with E-state index in [-0.39, 0.29) is 18.1 Å². The van der Waals surface area contributed by atoms with Gasteiger partial charge in [0.1, 0.15) is 16.9 Å². The van der Waals surface area contributed by atoms with E-state index in [9.17, 15) is 9.59 Å². The van der Waals surface area contributed by atoms with Gasteiger partial charge in [-0.1, -0.05) is 17.7 Å². The third-order valence-electron chi connectivity index (χ3n) is 6.57. The molecular formula is C25H23ClN6O4. The van der Waals surface area contributed by atoms with Crippen molar-refractivity contribution in [3.8, 4) is 5.75 Å². The molecule has 10 nitrogen and oxygen atoms in total. The van der Waals surface area contributed by atoms with Gasteiger partial charge in [0.2, 0.25) is 5.95 Å². The number of nitrogens with one attached hydrogen (secondary N) is 3. The second-order valence-corrected chi connectivity index (χ2v) is 9.89. The van der Waals surface area contributed by atoms with Crippen LogP contribution in [0, 0.1) is 0 Å². The number of rotatable bonds is 4. The van der Waals surface area contributed by atoms with Gasteiger partial charge in [0, 0.05) is 24.8 Å². The predicted molar refractivity (Wildman–Crippen MR) is 134 cm³/mol. The second kappa shape index (κ2) is 7.99. The van der Waals surface area contributed by atoms with Gasteiger partial charge in [-0.25, -0.2) is 9.78 Å². The summed E-state index contributed by atoms with van der Waals surface area (Å²) in [6.07, 6.45) is 1.63. The van der Waals surface area contributed by atoms with E-state index in [1.807, 2.05) is 30.3 Å². The fraction of sp³-hybridized carbons (Fsp3) is 0.280. The second-order valence-electron chi connectivity index (χ2n) is 9.48. The molecule has 3 aromatic rings. The number of benzene rings is 2. The number of nitrogens with zero attached hydrogens (tertiary/aromatic N) is 3. The summed E-state index contributed by atoms with van der Waals surface area (Å²) in [5.41, 5.74) is 3.33. The van der Waals surface area contributed by atoms with Crippen molar-refractivity contribution in [2.45, 2.75) is 38.0 Å². The molecule has 36 heavy (non-hydrogen) atoms. The third kappa shape index (κ3) is 3.74. The molecule has 3 N–H and O–H groups in total. The first-order chi connectivity index (χ1) is 17.2. The third-order valence-corrected chi connectivity index (χ3v) is 6.85. The topological polar surface area (TPSA) is 118 Å². The van der Waals surface area contributed by atoms with Gasteiger partial charge in [0.15, 0.2) is 11.4 Å². The summed E-state index contributed by atoms with van der Waals surface area (Å²) in [6.45, 7) is 3.49. The molecule has 1 saturated heterocycles. The number of hydrogen-bond donors (Lipinski definition) is 3. The minimum atomic E-state index is -0.928. The van der Waals surface area contributed by atoms with Gasteiger partial charge in [-0.2, -0.15) is 4.98 Å². The number of carbonyl (C=O) groups excluding carboxylic acids is 2. The molecular weight excluding hydrogens is 484 g/mol. The Labute approximate surface area is 212 Å². The standard InChI is InChI=1S/C25H23ClN6O4/c1-25(2)22(33)32(3)17-10-14(6-7-18(17)36-25)28-21-16(26)11-27-23(31-21)29-13-5-4-12-8-19-20(15(12)9-13)30-24(34)35-19/h4-7,9-11,19-20H,8H2,1-3H3,(H,30,34)(H2,27,28,29,31)/t19?,20-/m0/s1. The molecule has 2 atom stereocenters. The number of alkyl carbamates (subject to hydrolysis) is 1. The maximum absolute atomic E-state index is 12.6. The molecule has 0 radical (unpaired) electrons. The average Bonchev–Trinajstić information content (AvgIpc) is 3.36. The zero-order valence-corrected chi connectivity index (χ0v) is 20.5. The van der Waals surface area contributed by atoms with E-state index in [4.69, 9.17) is 21.1 Å². The highest BCUT2D eigenvalue weighted by Crippen LogP contribution is 2.40. The summed E-state index contributed by atoms with van der Waals surface area (Å²) in [5.74, 6) is 1.23. The van der Waals surface area contributed by atoms with Crippen LogP contribution in [0.25, 0.3) is 0 Å². The van der Waals surface area contributed by atoms with E-state index < -0.39 is 11.7 Å². The predicted octanol–water partition coefficient (Wildman–Crippen LogP) is 4.46. The maximum atomic E-state index is 12.6. The van der Waals surface area contributed by atoms with Crippen molar-refractivity contribution in [1.82, 2.24) is 15.3 Å². The van der Waals surface area contributed by atoms with Crippen LogP contribution in [0.3, 0.4) is 0 Å². The quantitative estimate of drug-likeness (QED) is 0.475. The van der Waals surface area contributed by atoms with Crippen molar-refractivity contribution >= 4 is 52.4 Å². The van der Waals surface area contributed by atoms with Crippen molar-refractivity contribution in [2.24, 2.45) is 0 Å². The van der Waals surface area contributed by atoms with E-state index >= 15 is 0 Å². The summed E-state index contributed by atoms with van der Waals surface area (Å²) in [4.78, 5) is 34.6. The van der Waals surface area contributed by atoms with Gasteiger partial charge in [0.25, 0.3) is 5.91 Å². The Hall–Kier alpha value is -4.05.